The molecule has 56 heavy (non-hydrogen) atoms. The second kappa shape index (κ2) is 15.5. The summed E-state index contributed by atoms with van der Waals surface area (Å²) in [5, 5.41) is 21.4. The molecule has 3 aliphatic carbocycles. The molecule has 302 valence electrons. The summed E-state index contributed by atoms with van der Waals surface area (Å²) in [5.41, 5.74) is -0.848. The fourth-order valence-electron chi connectivity index (χ4n) is 8.99. The van der Waals surface area contributed by atoms with E-state index in [0.717, 1.165) is 24.3 Å². The average molecular weight is 809 g/mol. The number of carbonyl (C=O) groups excluding carboxylic acids is 3. The molecule has 12 nitrogen and oxygen atoms in total. The van der Waals surface area contributed by atoms with Crippen LogP contribution < -0.4 is 9.47 Å². The number of esters is 1. The number of likely N-dealkylation sites (tertiary alicyclic amines) is 1. The van der Waals surface area contributed by atoms with Crippen LogP contribution in [-0.2, 0) is 30.3 Å². The molecule has 3 aromatic rings. The van der Waals surface area contributed by atoms with E-state index in [0.29, 0.717) is 68.7 Å². The molecule has 2 aromatic heterocycles. The van der Waals surface area contributed by atoms with Crippen LogP contribution in [-0.4, -0.2) is 80.7 Å². The number of pyridine rings is 1. The van der Waals surface area contributed by atoms with Gasteiger partial charge in [-0.1, -0.05) is 70.9 Å². The van der Waals surface area contributed by atoms with Crippen molar-refractivity contribution in [1.29, 1.82) is 0 Å². The van der Waals surface area contributed by atoms with Crippen molar-refractivity contribution in [3.8, 4) is 22.2 Å². The number of ether oxygens (including phenoxy) is 3. The highest BCUT2D eigenvalue weighted by molar-refractivity contribution is 7.14. The molecule has 4 aliphatic rings. The van der Waals surface area contributed by atoms with Crippen LogP contribution >= 0.6 is 22.9 Å². The van der Waals surface area contributed by atoms with E-state index >= 15 is 0 Å². The first kappa shape index (κ1) is 40.4. The molecule has 3 saturated carbocycles. The summed E-state index contributed by atoms with van der Waals surface area (Å²) in [6.07, 6.45) is 3.85. The Balaban J connectivity index is 1.20. The number of rotatable bonds is 15. The molecule has 0 bridgehead atoms. The van der Waals surface area contributed by atoms with E-state index in [1.807, 2.05) is 27.7 Å². The lowest BCUT2D eigenvalue weighted by Crippen LogP contribution is -2.48. The number of benzene rings is 1. The zero-order valence-corrected chi connectivity index (χ0v) is 34.9. The number of aliphatic carboxylic acids is 1. The Morgan fingerprint density at radius 3 is 2.41 bits per heavy atom. The lowest BCUT2D eigenvalue weighted by atomic mass is 9.77. The first-order valence-electron chi connectivity index (χ1n) is 19.9. The van der Waals surface area contributed by atoms with Gasteiger partial charge in [-0.3, -0.25) is 19.2 Å². The number of nitrogens with zero attached hydrogens (tertiary/aromatic N) is 4. The molecule has 7 rings (SSSR count). The number of carboxylic acids is 1. The minimum atomic E-state index is -1.14. The van der Waals surface area contributed by atoms with Crippen molar-refractivity contribution in [3.63, 3.8) is 0 Å². The first-order chi connectivity index (χ1) is 26.5. The van der Waals surface area contributed by atoms with Gasteiger partial charge in [0.25, 0.3) is 0 Å². The maximum atomic E-state index is 14.8. The topological polar surface area (TPSA) is 158 Å². The number of hydrogen-bond acceptors (Lipinski definition) is 11. The zero-order chi connectivity index (χ0) is 40.3. The average Bonchev–Trinajstić information content (AvgIpc) is 3.80. The van der Waals surface area contributed by atoms with Crippen LogP contribution in [0.3, 0.4) is 0 Å². The third-order valence-corrected chi connectivity index (χ3v) is 13.7. The Kier molecular flexibility index (Phi) is 11.2. The summed E-state index contributed by atoms with van der Waals surface area (Å²) < 4.78 is 18.1. The van der Waals surface area contributed by atoms with Crippen LogP contribution in [0.5, 0.6) is 11.5 Å². The van der Waals surface area contributed by atoms with Gasteiger partial charge in [-0.15, -0.1) is 10.2 Å². The summed E-state index contributed by atoms with van der Waals surface area (Å²) >= 11 is 8.27. The van der Waals surface area contributed by atoms with Gasteiger partial charge in [0.2, 0.25) is 5.91 Å². The van der Waals surface area contributed by atoms with E-state index in [1.54, 1.807) is 18.2 Å². The number of carbonyl (C=O) groups is 4. The van der Waals surface area contributed by atoms with Crippen molar-refractivity contribution < 1.29 is 38.5 Å². The lowest BCUT2D eigenvalue weighted by molar-refractivity contribution is -0.157. The first-order valence-corrected chi connectivity index (χ1v) is 21.1. The number of carboxylic acid groups (broad SMARTS) is 1. The quantitative estimate of drug-likeness (QED) is 0.149. The number of aromatic nitrogens is 3. The Hall–Kier alpha value is -3.84. The summed E-state index contributed by atoms with van der Waals surface area (Å²) in [7, 11) is 1.53. The van der Waals surface area contributed by atoms with Gasteiger partial charge in [0.15, 0.2) is 10.8 Å². The number of ketones is 1. The molecule has 8 atom stereocenters. The SMILES string of the molecule is CCC1C[C@]1(CC(=O)[C@@H]1CC(Oc2cc(-c3nnc(CC(C)C)s3)nc3c(Cl)c(OC)ccc23)CN1C(=O)[C@@H](CC(=O)OC1C[C@@H]2C[C@@H]2C1)C(C)(C)C)C(=O)O. The normalized spacial score (nSPS) is 27.3. The molecule has 3 heterocycles. The third-order valence-electron chi connectivity index (χ3n) is 12.4. The minimum Gasteiger partial charge on any atom is -0.495 e. The predicted molar refractivity (Wildman–Crippen MR) is 212 cm³/mol. The standard InChI is InChI=1S/C42H53ClN4O8S/c1-8-24-18-42(24,40(51)52)19-31(48)30-15-26(20-47(30)39(50)28(41(4,5)6)16-35(49)55-25-13-22-12-23(22)14-25)54-33-17-29(38-46-45-34(56-38)11-21(2)3)44-37-27(33)9-10-32(53-7)36(37)43/h9-10,17,21-26,28,30H,8,11-16,18-20H2,1-7H3,(H,51,52)/t22-,23+,24?,25?,26?,28-,30+,42-/m1/s1. The van der Waals surface area contributed by atoms with Gasteiger partial charge in [0, 0.05) is 30.7 Å². The lowest BCUT2D eigenvalue weighted by Gasteiger charge is -2.35. The summed E-state index contributed by atoms with van der Waals surface area (Å²) in [6, 6.07) is 4.37. The van der Waals surface area contributed by atoms with Crippen LogP contribution in [0, 0.1) is 40.4 Å². The van der Waals surface area contributed by atoms with Crippen LogP contribution in [0.2, 0.25) is 5.02 Å². The number of hydrogen-bond donors (Lipinski definition) is 1. The van der Waals surface area contributed by atoms with Gasteiger partial charge >= 0.3 is 11.9 Å². The van der Waals surface area contributed by atoms with Crippen molar-refractivity contribution in [2.24, 2.45) is 40.4 Å². The second-order valence-corrected chi connectivity index (χ2v) is 19.4. The summed E-state index contributed by atoms with van der Waals surface area (Å²) in [4.78, 5) is 61.4. The zero-order valence-electron chi connectivity index (χ0n) is 33.3. The Morgan fingerprint density at radius 1 is 1.05 bits per heavy atom. The number of methoxy groups -OCH3 is 1. The van der Waals surface area contributed by atoms with Crippen molar-refractivity contribution in [2.75, 3.05) is 13.7 Å². The van der Waals surface area contributed by atoms with Crippen molar-refractivity contribution >= 4 is 57.5 Å². The molecule has 0 radical (unpaired) electrons. The monoisotopic (exact) mass is 808 g/mol. The maximum Gasteiger partial charge on any atom is 0.310 e. The maximum absolute atomic E-state index is 14.8. The van der Waals surface area contributed by atoms with Gasteiger partial charge in [0.05, 0.1) is 43.0 Å². The molecule has 1 aromatic carbocycles. The molecule has 14 heteroatoms. The van der Waals surface area contributed by atoms with Crippen molar-refractivity contribution in [2.45, 2.75) is 118 Å². The molecule has 4 fully saturated rings. The van der Waals surface area contributed by atoms with E-state index in [1.165, 1.54) is 29.8 Å². The van der Waals surface area contributed by atoms with Crippen LogP contribution in [0.1, 0.15) is 97.9 Å². The van der Waals surface area contributed by atoms with Gasteiger partial charge in [0.1, 0.15) is 39.4 Å². The molecule has 1 aliphatic heterocycles. The molecular formula is C42H53ClN4O8S. The molecule has 1 saturated heterocycles. The van der Waals surface area contributed by atoms with Gasteiger partial charge in [-0.05, 0) is 66.9 Å². The van der Waals surface area contributed by atoms with E-state index in [9.17, 15) is 24.3 Å². The van der Waals surface area contributed by atoms with E-state index in [-0.39, 0.29) is 49.5 Å². The molecule has 1 N–H and O–H groups in total. The highest BCUT2D eigenvalue weighted by Crippen LogP contribution is 2.58. The highest BCUT2D eigenvalue weighted by Gasteiger charge is 2.61. The minimum absolute atomic E-state index is 0.0561. The molecule has 1 amide bonds. The van der Waals surface area contributed by atoms with Gasteiger partial charge < -0.3 is 24.2 Å². The van der Waals surface area contributed by atoms with Gasteiger partial charge in [-0.2, -0.15) is 0 Å². The van der Waals surface area contributed by atoms with Crippen LogP contribution in [0.15, 0.2) is 18.2 Å². The Labute approximate surface area is 337 Å². The predicted octanol–water partition coefficient (Wildman–Crippen LogP) is 7.82. The summed E-state index contributed by atoms with van der Waals surface area (Å²) in [5.74, 6) is -0.417. The number of halogens is 1. The largest absolute Gasteiger partial charge is 0.495 e. The van der Waals surface area contributed by atoms with Crippen molar-refractivity contribution in [3.05, 3.63) is 28.2 Å². The number of Topliss-reactive ketones (excluding diaryl/α,β-unsaturated/α-hetero) is 1. The second-order valence-electron chi connectivity index (χ2n) is 17.9. The van der Waals surface area contributed by atoms with Crippen molar-refractivity contribution in [1.82, 2.24) is 20.1 Å². The number of fused-ring (bicyclic) bond motifs is 2. The van der Waals surface area contributed by atoms with E-state index in [2.05, 4.69) is 24.0 Å². The van der Waals surface area contributed by atoms with Crippen LogP contribution in [0.25, 0.3) is 21.6 Å². The third kappa shape index (κ3) is 8.12. The Bertz CT molecular complexity index is 2020. The molecule has 0 spiro atoms. The molecular weight excluding hydrogens is 756 g/mol. The van der Waals surface area contributed by atoms with Crippen LogP contribution in [0.4, 0.5) is 0 Å². The fraction of sp³-hybridized carbons (Fsp3) is 0.643. The fourth-order valence-corrected chi connectivity index (χ4v) is 10.3. The Morgan fingerprint density at radius 2 is 1.79 bits per heavy atom. The van der Waals surface area contributed by atoms with E-state index < -0.39 is 40.8 Å². The smallest absolute Gasteiger partial charge is 0.310 e. The number of amides is 1. The molecule has 3 unspecified atom stereocenters. The summed E-state index contributed by atoms with van der Waals surface area (Å²) in [6.45, 7) is 11.9. The van der Waals surface area contributed by atoms with Gasteiger partial charge in [-0.25, -0.2) is 4.98 Å². The van der Waals surface area contributed by atoms with E-state index in [4.69, 9.17) is 30.8 Å². The highest BCUT2D eigenvalue weighted by atomic mass is 35.5.